The van der Waals surface area contributed by atoms with Crippen LogP contribution in [0.2, 0.25) is 0 Å². The van der Waals surface area contributed by atoms with Crippen LogP contribution in [-0.2, 0) is 33.3 Å². The maximum Gasteiger partial charge on any atom is 0.347 e. The van der Waals surface area contributed by atoms with Crippen LogP contribution in [0.5, 0.6) is 0 Å². The molecule has 1 aliphatic heterocycles. The Hall–Kier alpha value is -1.63. The molecule has 0 amide bonds. The molecule has 1 fully saturated rings. The number of ether oxygens (including phenoxy) is 4. The van der Waals surface area contributed by atoms with E-state index >= 15 is 0 Å². The average Bonchev–Trinajstić information content (AvgIpc) is 2.82. The third-order valence-corrected chi connectivity index (χ3v) is 3.32. The van der Waals surface area contributed by atoms with Crippen LogP contribution < -0.4 is 0 Å². The van der Waals surface area contributed by atoms with Crippen molar-refractivity contribution < 1.29 is 33.3 Å². The monoisotopic (exact) mass is 302 g/mol. The number of rotatable bonds is 7. The van der Waals surface area contributed by atoms with E-state index in [2.05, 4.69) is 0 Å². The zero-order valence-corrected chi connectivity index (χ0v) is 12.8. The summed E-state index contributed by atoms with van der Waals surface area (Å²) < 4.78 is 19.9. The third kappa shape index (κ3) is 5.00. The van der Waals surface area contributed by atoms with E-state index in [1.54, 1.807) is 27.7 Å². The smallest absolute Gasteiger partial charge is 0.347 e. The number of carbonyl (C=O) groups excluding carboxylic acids is 3. The fourth-order valence-electron chi connectivity index (χ4n) is 1.78. The first-order chi connectivity index (χ1) is 9.86. The molecule has 0 aromatic rings. The minimum absolute atomic E-state index is 0.245. The standard InChI is InChI=1S/C14H22O7/c1-5-18-10(4)20-12(15)8(2)9(3)13(16)21-11-6-7-19-14(11)17/h8-11H,5-7H2,1-4H3. The number of carbonyl (C=O) groups is 3. The van der Waals surface area contributed by atoms with Gasteiger partial charge in [-0.2, -0.15) is 0 Å². The molecule has 21 heavy (non-hydrogen) atoms. The Morgan fingerprint density at radius 2 is 1.86 bits per heavy atom. The Kier molecular flexibility index (Phi) is 6.61. The van der Waals surface area contributed by atoms with Crippen LogP contribution in [0.15, 0.2) is 0 Å². The SMILES string of the molecule is CCOC(C)OC(=O)C(C)C(C)C(=O)OC1CCOC1=O. The van der Waals surface area contributed by atoms with E-state index in [4.69, 9.17) is 18.9 Å². The second-order valence-corrected chi connectivity index (χ2v) is 4.92. The second kappa shape index (κ2) is 7.97. The van der Waals surface area contributed by atoms with Crippen molar-refractivity contribution in [1.82, 2.24) is 0 Å². The van der Waals surface area contributed by atoms with E-state index in [1.807, 2.05) is 0 Å². The fraction of sp³-hybridized carbons (Fsp3) is 0.786. The molecule has 1 rings (SSSR count). The van der Waals surface area contributed by atoms with Crippen LogP contribution in [0.4, 0.5) is 0 Å². The first-order valence-electron chi connectivity index (χ1n) is 7.06. The highest BCUT2D eigenvalue weighted by Gasteiger charge is 2.35. The summed E-state index contributed by atoms with van der Waals surface area (Å²) in [6.07, 6.45) is -1.19. The third-order valence-electron chi connectivity index (χ3n) is 3.32. The van der Waals surface area contributed by atoms with Crippen molar-refractivity contribution in [3.63, 3.8) is 0 Å². The molecule has 4 unspecified atom stereocenters. The van der Waals surface area contributed by atoms with Crippen molar-refractivity contribution in [2.75, 3.05) is 13.2 Å². The molecule has 1 aliphatic rings. The van der Waals surface area contributed by atoms with Crippen molar-refractivity contribution in [3.05, 3.63) is 0 Å². The minimum atomic E-state index is -0.870. The highest BCUT2D eigenvalue weighted by Crippen LogP contribution is 2.19. The van der Waals surface area contributed by atoms with Gasteiger partial charge in [0, 0.05) is 13.0 Å². The van der Waals surface area contributed by atoms with Crippen LogP contribution in [0.3, 0.4) is 0 Å². The van der Waals surface area contributed by atoms with Gasteiger partial charge in [-0.15, -0.1) is 0 Å². The van der Waals surface area contributed by atoms with Crippen molar-refractivity contribution >= 4 is 17.9 Å². The van der Waals surface area contributed by atoms with E-state index in [0.29, 0.717) is 13.0 Å². The number of hydrogen-bond acceptors (Lipinski definition) is 7. The quantitative estimate of drug-likeness (QED) is 0.394. The Morgan fingerprint density at radius 1 is 1.24 bits per heavy atom. The molecule has 0 aliphatic carbocycles. The Bertz CT molecular complexity index is 393. The summed E-state index contributed by atoms with van der Waals surface area (Å²) in [5, 5.41) is 0. The minimum Gasteiger partial charge on any atom is -0.463 e. The number of cyclic esters (lactones) is 1. The van der Waals surface area contributed by atoms with Crippen LogP contribution >= 0.6 is 0 Å². The van der Waals surface area contributed by atoms with E-state index in [-0.39, 0.29) is 6.61 Å². The van der Waals surface area contributed by atoms with Gasteiger partial charge in [-0.05, 0) is 13.8 Å². The lowest BCUT2D eigenvalue weighted by atomic mass is 9.96. The molecular formula is C14H22O7. The van der Waals surface area contributed by atoms with E-state index < -0.39 is 42.1 Å². The van der Waals surface area contributed by atoms with E-state index in [0.717, 1.165) is 0 Å². The molecule has 1 saturated heterocycles. The lowest BCUT2D eigenvalue weighted by molar-refractivity contribution is -0.183. The van der Waals surface area contributed by atoms with Gasteiger partial charge in [0.05, 0.1) is 18.4 Å². The van der Waals surface area contributed by atoms with Crippen LogP contribution in [-0.4, -0.2) is 43.5 Å². The van der Waals surface area contributed by atoms with Gasteiger partial charge in [0.2, 0.25) is 6.10 Å². The predicted molar refractivity (Wildman–Crippen MR) is 71.0 cm³/mol. The maximum absolute atomic E-state index is 11.9. The maximum atomic E-state index is 11.9. The van der Waals surface area contributed by atoms with Crippen molar-refractivity contribution in [1.29, 1.82) is 0 Å². The Balaban J connectivity index is 2.48. The molecule has 0 aromatic carbocycles. The Morgan fingerprint density at radius 3 is 2.38 bits per heavy atom. The zero-order chi connectivity index (χ0) is 16.0. The molecule has 0 N–H and O–H groups in total. The number of esters is 3. The molecule has 0 aromatic heterocycles. The highest BCUT2D eigenvalue weighted by molar-refractivity contribution is 5.84. The van der Waals surface area contributed by atoms with Crippen molar-refractivity contribution in [2.24, 2.45) is 11.8 Å². The first kappa shape index (κ1) is 17.4. The van der Waals surface area contributed by atoms with Gasteiger partial charge in [-0.25, -0.2) is 4.79 Å². The lowest BCUT2D eigenvalue weighted by Gasteiger charge is -2.21. The fourth-order valence-corrected chi connectivity index (χ4v) is 1.78. The van der Waals surface area contributed by atoms with Crippen molar-refractivity contribution in [3.8, 4) is 0 Å². The van der Waals surface area contributed by atoms with Crippen LogP contribution in [0, 0.1) is 11.8 Å². The lowest BCUT2D eigenvalue weighted by Crippen LogP contribution is -2.33. The first-order valence-corrected chi connectivity index (χ1v) is 7.06. The van der Waals surface area contributed by atoms with Gasteiger partial charge in [0.25, 0.3) is 0 Å². The molecular weight excluding hydrogens is 280 g/mol. The molecule has 120 valence electrons. The summed E-state index contributed by atoms with van der Waals surface area (Å²) in [5.41, 5.74) is 0. The molecule has 0 saturated carbocycles. The predicted octanol–water partition coefficient (Wildman–Crippen LogP) is 1.04. The zero-order valence-electron chi connectivity index (χ0n) is 12.8. The highest BCUT2D eigenvalue weighted by atomic mass is 16.7. The van der Waals surface area contributed by atoms with Gasteiger partial charge < -0.3 is 18.9 Å². The van der Waals surface area contributed by atoms with Gasteiger partial charge in [0.1, 0.15) is 0 Å². The average molecular weight is 302 g/mol. The van der Waals surface area contributed by atoms with Crippen LogP contribution in [0.25, 0.3) is 0 Å². The molecule has 1 heterocycles. The molecule has 4 atom stereocenters. The Labute approximate surface area is 123 Å². The summed E-state index contributed by atoms with van der Waals surface area (Å²) in [4.78, 5) is 35.1. The summed E-state index contributed by atoms with van der Waals surface area (Å²) in [5.74, 6) is -3.13. The molecule has 7 nitrogen and oxygen atoms in total. The van der Waals surface area contributed by atoms with Gasteiger partial charge in [-0.3, -0.25) is 9.59 Å². The van der Waals surface area contributed by atoms with Gasteiger partial charge in [0.15, 0.2) is 6.29 Å². The van der Waals surface area contributed by atoms with E-state index in [1.165, 1.54) is 0 Å². The normalized spacial score (nSPS) is 22.1. The van der Waals surface area contributed by atoms with Crippen molar-refractivity contribution in [2.45, 2.75) is 46.5 Å². The van der Waals surface area contributed by atoms with E-state index in [9.17, 15) is 14.4 Å². The second-order valence-electron chi connectivity index (χ2n) is 4.92. The molecule has 7 heteroatoms. The topological polar surface area (TPSA) is 88.1 Å². The largest absolute Gasteiger partial charge is 0.463 e. The molecule has 0 spiro atoms. The summed E-state index contributed by atoms with van der Waals surface area (Å²) in [6.45, 7) is 7.18. The van der Waals surface area contributed by atoms with Crippen LogP contribution in [0.1, 0.15) is 34.1 Å². The molecule has 0 radical (unpaired) electrons. The van der Waals surface area contributed by atoms with Gasteiger partial charge >= 0.3 is 17.9 Å². The molecule has 0 bridgehead atoms. The summed E-state index contributed by atoms with van der Waals surface area (Å²) >= 11 is 0. The summed E-state index contributed by atoms with van der Waals surface area (Å²) in [7, 11) is 0. The summed E-state index contributed by atoms with van der Waals surface area (Å²) in [6, 6.07) is 0. The number of hydrogen-bond donors (Lipinski definition) is 0. The van der Waals surface area contributed by atoms with Gasteiger partial charge in [-0.1, -0.05) is 13.8 Å².